The lowest BCUT2D eigenvalue weighted by Crippen LogP contribution is -2.12. The molecule has 2 rings (SSSR count). The van der Waals surface area contributed by atoms with Gasteiger partial charge in [0, 0.05) is 24.7 Å². The molecule has 1 N–H and O–H groups in total. The molecule has 0 aliphatic rings. The van der Waals surface area contributed by atoms with Crippen molar-refractivity contribution >= 4 is 17.3 Å². The average molecular weight is 267 g/mol. The number of nitrogens with zero attached hydrogens (tertiary/aromatic N) is 1. The molecule has 0 aliphatic heterocycles. The Morgan fingerprint density at radius 2 is 2.06 bits per heavy atom. The molecule has 2 aromatic rings. The van der Waals surface area contributed by atoms with Gasteiger partial charge in [-0.2, -0.15) is 0 Å². The van der Waals surface area contributed by atoms with Gasteiger partial charge in [0.1, 0.15) is 5.02 Å². The third-order valence-electron chi connectivity index (χ3n) is 2.45. The van der Waals surface area contributed by atoms with Gasteiger partial charge < -0.3 is 9.73 Å². The van der Waals surface area contributed by atoms with E-state index in [2.05, 4.69) is 5.32 Å². The summed E-state index contributed by atoms with van der Waals surface area (Å²) >= 11 is 5.73. The van der Waals surface area contributed by atoms with Gasteiger partial charge in [0.05, 0.1) is 17.4 Å². The first kappa shape index (κ1) is 12.6. The maximum atomic E-state index is 10.7. The molecule has 5 nitrogen and oxygen atoms in total. The molecular weight excluding hydrogens is 256 g/mol. The highest BCUT2D eigenvalue weighted by atomic mass is 35.5. The van der Waals surface area contributed by atoms with E-state index in [-0.39, 0.29) is 10.7 Å². The SMILES string of the molecule is O=[N+]([O-])c1cc(CNCc2ccoc2)ccc1Cl. The van der Waals surface area contributed by atoms with Gasteiger partial charge in [-0.3, -0.25) is 10.1 Å². The van der Waals surface area contributed by atoms with Crippen LogP contribution in [0.4, 0.5) is 5.69 Å². The molecular formula is C12H11ClN2O3. The van der Waals surface area contributed by atoms with E-state index in [0.717, 1.165) is 11.1 Å². The zero-order valence-electron chi connectivity index (χ0n) is 9.43. The fraction of sp³-hybridized carbons (Fsp3) is 0.167. The van der Waals surface area contributed by atoms with E-state index in [0.29, 0.717) is 13.1 Å². The van der Waals surface area contributed by atoms with Crippen LogP contribution < -0.4 is 5.32 Å². The zero-order chi connectivity index (χ0) is 13.0. The van der Waals surface area contributed by atoms with Crippen molar-refractivity contribution in [3.05, 3.63) is 63.1 Å². The van der Waals surface area contributed by atoms with Crippen LogP contribution in [0.15, 0.2) is 41.2 Å². The third-order valence-corrected chi connectivity index (χ3v) is 2.77. The molecule has 0 atom stereocenters. The van der Waals surface area contributed by atoms with Crippen molar-refractivity contribution < 1.29 is 9.34 Å². The van der Waals surface area contributed by atoms with E-state index < -0.39 is 4.92 Å². The Morgan fingerprint density at radius 3 is 2.72 bits per heavy atom. The summed E-state index contributed by atoms with van der Waals surface area (Å²) in [5.41, 5.74) is 1.77. The first-order valence-corrected chi connectivity index (χ1v) is 5.69. The van der Waals surface area contributed by atoms with Crippen molar-refractivity contribution in [1.29, 1.82) is 0 Å². The number of rotatable bonds is 5. The van der Waals surface area contributed by atoms with E-state index >= 15 is 0 Å². The molecule has 0 unspecified atom stereocenters. The Balaban J connectivity index is 1.97. The Kier molecular flexibility index (Phi) is 3.96. The lowest BCUT2D eigenvalue weighted by molar-refractivity contribution is -0.384. The van der Waals surface area contributed by atoms with Crippen LogP contribution in [0.3, 0.4) is 0 Å². The quantitative estimate of drug-likeness (QED) is 0.667. The van der Waals surface area contributed by atoms with Gasteiger partial charge in [-0.15, -0.1) is 0 Å². The summed E-state index contributed by atoms with van der Waals surface area (Å²) in [7, 11) is 0. The molecule has 0 bridgehead atoms. The van der Waals surface area contributed by atoms with Crippen molar-refractivity contribution in [2.24, 2.45) is 0 Å². The summed E-state index contributed by atoms with van der Waals surface area (Å²) in [5.74, 6) is 0. The molecule has 1 aromatic carbocycles. The van der Waals surface area contributed by atoms with Crippen molar-refractivity contribution in [2.75, 3.05) is 0 Å². The van der Waals surface area contributed by atoms with Crippen LogP contribution in [0.25, 0.3) is 0 Å². The van der Waals surface area contributed by atoms with Gasteiger partial charge in [-0.25, -0.2) is 0 Å². The minimum Gasteiger partial charge on any atom is -0.472 e. The molecule has 0 aliphatic carbocycles. The first-order valence-electron chi connectivity index (χ1n) is 5.31. The molecule has 1 aromatic heterocycles. The molecule has 0 spiro atoms. The molecule has 0 saturated heterocycles. The fourth-order valence-corrected chi connectivity index (χ4v) is 1.74. The summed E-state index contributed by atoms with van der Waals surface area (Å²) in [6, 6.07) is 6.63. The molecule has 1 heterocycles. The monoisotopic (exact) mass is 266 g/mol. The molecule has 0 radical (unpaired) electrons. The van der Waals surface area contributed by atoms with E-state index in [1.807, 2.05) is 6.07 Å². The third kappa shape index (κ3) is 3.09. The summed E-state index contributed by atoms with van der Waals surface area (Å²) in [4.78, 5) is 10.2. The topological polar surface area (TPSA) is 68.3 Å². The molecule has 0 amide bonds. The molecule has 0 saturated carbocycles. The van der Waals surface area contributed by atoms with E-state index in [1.54, 1.807) is 18.6 Å². The van der Waals surface area contributed by atoms with Crippen molar-refractivity contribution in [3.63, 3.8) is 0 Å². The van der Waals surface area contributed by atoms with E-state index in [9.17, 15) is 10.1 Å². The summed E-state index contributed by atoms with van der Waals surface area (Å²) in [5, 5.41) is 14.0. The second-order valence-corrected chi connectivity index (χ2v) is 4.19. The first-order chi connectivity index (χ1) is 8.66. The smallest absolute Gasteiger partial charge is 0.288 e. The number of furan rings is 1. The lowest BCUT2D eigenvalue weighted by Gasteiger charge is -2.04. The second-order valence-electron chi connectivity index (χ2n) is 3.78. The van der Waals surface area contributed by atoms with Crippen molar-refractivity contribution in [2.45, 2.75) is 13.1 Å². The summed E-state index contributed by atoms with van der Waals surface area (Å²) in [6.07, 6.45) is 3.25. The van der Waals surface area contributed by atoms with E-state index in [4.69, 9.17) is 16.0 Å². The van der Waals surface area contributed by atoms with Crippen LogP contribution in [0, 0.1) is 10.1 Å². The number of hydrogen-bond donors (Lipinski definition) is 1. The normalized spacial score (nSPS) is 10.5. The number of benzene rings is 1. The summed E-state index contributed by atoms with van der Waals surface area (Å²) in [6.45, 7) is 1.18. The van der Waals surface area contributed by atoms with Crippen LogP contribution in [0.5, 0.6) is 0 Å². The minimum absolute atomic E-state index is 0.0701. The molecule has 6 heteroatoms. The van der Waals surface area contributed by atoms with Gasteiger partial charge in [0.15, 0.2) is 0 Å². The highest BCUT2D eigenvalue weighted by Gasteiger charge is 2.12. The predicted molar refractivity (Wildman–Crippen MR) is 67.4 cm³/mol. The number of nitrogens with one attached hydrogen (secondary N) is 1. The largest absolute Gasteiger partial charge is 0.472 e. The van der Waals surface area contributed by atoms with Crippen LogP contribution in [0.2, 0.25) is 5.02 Å². The lowest BCUT2D eigenvalue weighted by atomic mass is 10.2. The van der Waals surface area contributed by atoms with Crippen molar-refractivity contribution in [1.82, 2.24) is 5.32 Å². The van der Waals surface area contributed by atoms with Crippen LogP contribution >= 0.6 is 11.6 Å². The average Bonchev–Trinajstić information content (AvgIpc) is 2.84. The Labute approximate surface area is 109 Å². The second kappa shape index (κ2) is 5.66. The van der Waals surface area contributed by atoms with Crippen molar-refractivity contribution in [3.8, 4) is 0 Å². The van der Waals surface area contributed by atoms with Crippen LogP contribution in [-0.4, -0.2) is 4.92 Å². The Hall–Kier alpha value is -1.85. The van der Waals surface area contributed by atoms with Crippen LogP contribution in [0.1, 0.15) is 11.1 Å². The van der Waals surface area contributed by atoms with Gasteiger partial charge >= 0.3 is 0 Å². The highest BCUT2D eigenvalue weighted by molar-refractivity contribution is 6.32. The Morgan fingerprint density at radius 1 is 1.28 bits per heavy atom. The minimum atomic E-state index is -0.484. The number of nitro benzene ring substituents is 1. The predicted octanol–water partition coefficient (Wildman–Crippen LogP) is 3.13. The maximum absolute atomic E-state index is 10.7. The molecule has 0 fully saturated rings. The highest BCUT2D eigenvalue weighted by Crippen LogP contribution is 2.24. The number of halogens is 1. The van der Waals surface area contributed by atoms with E-state index in [1.165, 1.54) is 12.1 Å². The fourth-order valence-electron chi connectivity index (χ4n) is 1.55. The zero-order valence-corrected chi connectivity index (χ0v) is 10.2. The Bertz CT molecular complexity index is 540. The van der Waals surface area contributed by atoms with Gasteiger partial charge in [-0.1, -0.05) is 17.7 Å². The number of hydrogen-bond acceptors (Lipinski definition) is 4. The maximum Gasteiger partial charge on any atom is 0.288 e. The van der Waals surface area contributed by atoms with Gasteiger partial charge in [0.2, 0.25) is 0 Å². The van der Waals surface area contributed by atoms with Gasteiger partial charge in [0.25, 0.3) is 5.69 Å². The molecule has 94 valence electrons. The number of nitro groups is 1. The standard InChI is InChI=1S/C12H11ClN2O3/c13-11-2-1-9(5-12(11)15(16)17)6-14-7-10-3-4-18-8-10/h1-5,8,14H,6-7H2. The van der Waals surface area contributed by atoms with Crippen LogP contribution in [-0.2, 0) is 13.1 Å². The summed E-state index contributed by atoms with van der Waals surface area (Å²) < 4.78 is 4.94. The van der Waals surface area contributed by atoms with Gasteiger partial charge in [-0.05, 0) is 17.7 Å². The molecule has 18 heavy (non-hydrogen) atoms.